The minimum atomic E-state index is 0.185. The zero-order chi connectivity index (χ0) is 21.1. The topological polar surface area (TPSA) is 42.0 Å². The number of anilines is 1. The second kappa shape index (κ2) is 9.31. The summed E-state index contributed by atoms with van der Waals surface area (Å²) >= 11 is 1.87. The highest BCUT2D eigenvalue weighted by molar-refractivity contribution is 8.00. The molecular weight excluding hydrogens is 396 g/mol. The van der Waals surface area contributed by atoms with E-state index in [4.69, 9.17) is 9.47 Å². The highest BCUT2D eigenvalue weighted by Gasteiger charge is 2.31. The van der Waals surface area contributed by atoms with Crippen LogP contribution in [0.15, 0.2) is 47.4 Å². The number of likely N-dealkylation sites (tertiary alicyclic amines) is 1. The lowest BCUT2D eigenvalue weighted by Gasteiger charge is -2.29. The van der Waals surface area contributed by atoms with Crippen molar-refractivity contribution in [2.45, 2.75) is 42.4 Å². The minimum absolute atomic E-state index is 0.185. The van der Waals surface area contributed by atoms with E-state index in [1.807, 2.05) is 34.9 Å². The first-order valence-corrected chi connectivity index (χ1v) is 11.5. The molecule has 0 unspecified atom stereocenters. The van der Waals surface area contributed by atoms with Gasteiger partial charge in [0.25, 0.3) is 0 Å². The molecule has 1 fully saturated rings. The molecular formula is C24H30N2O3S. The van der Waals surface area contributed by atoms with E-state index in [-0.39, 0.29) is 11.9 Å². The van der Waals surface area contributed by atoms with Gasteiger partial charge in [0.15, 0.2) is 11.5 Å². The summed E-state index contributed by atoms with van der Waals surface area (Å²) in [6, 6.07) is 14.6. The van der Waals surface area contributed by atoms with Crippen LogP contribution >= 0.6 is 11.8 Å². The Bertz CT molecular complexity index is 904. The number of carbonyl (C=O) groups excluding carboxylic acids is 1. The summed E-state index contributed by atoms with van der Waals surface area (Å²) < 4.78 is 10.9. The molecule has 6 heteroatoms. The average Bonchev–Trinajstić information content (AvgIpc) is 3.14. The van der Waals surface area contributed by atoms with Crippen LogP contribution in [0.3, 0.4) is 0 Å². The molecule has 2 heterocycles. The third kappa shape index (κ3) is 4.30. The summed E-state index contributed by atoms with van der Waals surface area (Å²) in [4.78, 5) is 18.9. The molecule has 2 atom stereocenters. The lowest BCUT2D eigenvalue weighted by molar-refractivity contribution is -0.120. The number of benzene rings is 2. The molecule has 2 aromatic carbocycles. The number of thioether (sulfide) groups is 1. The highest BCUT2D eigenvalue weighted by Crippen LogP contribution is 2.39. The molecule has 0 radical (unpaired) electrons. The van der Waals surface area contributed by atoms with Crippen LogP contribution in [0.25, 0.3) is 0 Å². The number of methoxy groups -OCH3 is 2. The first-order chi connectivity index (χ1) is 14.6. The van der Waals surface area contributed by atoms with Gasteiger partial charge in [0, 0.05) is 22.7 Å². The van der Waals surface area contributed by atoms with Crippen LogP contribution in [0.5, 0.6) is 11.5 Å². The summed E-state index contributed by atoms with van der Waals surface area (Å²) in [7, 11) is 3.31. The van der Waals surface area contributed by atoms with Crippen molar-refractivity contribution in [3.8, 4) is 11.5 Å². The van der Waals surface area contributed by atoms with Crippen LogP contribution in [0.4, 0.5) is 5.69 Å². The van der Waals surface area contributed by atoms with E-state index < -0.39 is 0 Å². The standard InChI is InChI=1S/C24H30N2O3S/c1-17-12-14-26(20-7-4-5-9-23(20)30-17)24(27)16-25-13-6-8-19(25)18-10-11-21(28-2)22(15-18)29-3/h4-5,7,9-11,15,17,19H,6,8,12-14,16H2,1-3H3/t17-,19+/m0/s1. The molecule has 4 rings (SSSR count). The van der Waals surface area contributed by atoms with Crippen molar-refractivity contribution in [3.05, 3.63) is 48.0 Å². The zero-order valence-corrected chi connectivity index (χ0v) is 18.8. The third-order valence-corrected chi connectivity index (χ3v) is 7.28. The molecule has 0 aliphatic carbocycles. The predicted molar refractivity (Wildman–Crippen MR) is 122 cm³/mol. The van der Waals surface area contributed by atoms with Gasteiger partial charge in [-0.1, -0.05) is 25.1 Å². The fourth-order valence-corrected chi connectivity index (χ4v) is 5.57. The molecule has 2 aromatic rings. The molecule has 1 saturated heterocycles. The van der Waals surface area contributed by atoms with Crippen molar-refractivity contribution in [3.63, 3.8) is 0 Å². The van der Waals surface area contributed by atoms with E-state index in [1.165, 1.54) is 10.5 Å². The number of rotatable bonds is 5. The minimum Gasteiger partial charge on any atom is -0.493 e. The summed E-state index contributed by atoms with van der Waals surface area (Å²) in [6.45, 7) is 4.39. The molecule has 160 valence electrons. The Kier molecular flexibility index (Phi) is 6.54. The summed E-state index contributed by atoms with van der Waals surface area (Å²) in [5.41, 5.74) is 2.23. The van der Waals surface area contributed by atoms with Crippen LogP contribution in [0.1, 0.15) is 37.8 Å². The molecule has 30 heavy (non-hydrogen) atoms. The molecule has 0 bridgehead atoms. The van der Waals surface area contributed by atoms with Gasteiger partial charge in [0.05, 0.1) is 26.5 Å². The lowest BCUT2D eigenvalue weighted by atomic mass is 10.0. The number of para-hydroxylation sites is 1. The number of hydrogen-bond acceptors (Lipinski definition) is 5. The molecule has 0 saturated carbocycles. The van der Waals surface area contributed by atoms with Crippen LogP contribution in [-0.4, -0.2) is 49.9 Å². The van der Waals surface area contributed by atoms with Crippen molar-refractivity contribution >= 4 is 23.4 Å². The Morgan fingerprint density at radius 3 is 2.67 bits per heavy atom. The van der Waals surface area contributed by atoms with Gasteiger partial charge < -0.3 is 14.4 Å². The fraction of sp³-hybridized carbons (Fsp3) is 0.458. The Balaban J connectivity index is 1.53. The number of carbonyl (C=O) groups is 1. The van der Waals surface area contributed by atoms with E-state index in [2.05, 4.69) is 36.1 Å². The van der Waals surface area contributed by atoms with E-state index in [9.17, 15) is 4.79 Å². The van der Waals surface area contributed by atoms with Crippen molar-refractivity contribution in [2.75, 3.05) is 38.8 Å². The molecule has 0 aromatic heterocycles. The number of nitrogens with zero attached hydrogens (tertiary/aromatic N) is 2. The van der Waals surface area contributed by atoms with E-state index in [1.54, 1.807) is 14.2 Å². The maximum atomic E-state index is 13.4. The second-order valence-electron chi connectivity index (χ2n) is 7.97. The molecule has 5 nitrogen and oxygen atoms in total. The van der Waals surface area contributed by atoms with Gasteiger partial charge in [-0.25, -0.2) is 0 Å². The van der Waals surface area contributed by atoms with Crippen LogP contribution < -0.4 is 14.4 Å². The summed E-state index contributed by atoms with van der Waals surface area (Å²) in [6.07, 6.45) is 3.15. The SMILES string of the molecule is COc1ccc([C@H]2CCCN2CC(=O)N2CC[C@H](C)Sc3ccccc32)cc1OC. The fourth-order valence-electron chi connectivity index (χ4n) is 4.46. The van der Waals surface area contributed by atoms with Gasteiger partial charge in [-0.2, -0.15) is 0 Å². The monoisotopic (exact) mass is 426 g/mol. The Labute approximate surface area is 183 Å². The first kappa shape index (κ1) is 21.1. The van der Waals surface area contributed by atoms with Crippen molar-refractivity contribution in [1.29, 1.82) is 0 Å². The second-order valence-corrected chi connectivity index (χ2v) is 9.45. The molecule has 2 aliphatic heterocycles. The van der Waals surface area contributed by atoms with E-state index >= 15 is 0 Å². The smallest absolute Gasteiger partial charge is 0.241 e. The van der Waals surface area contributed by atoms with Crippen LogP contribution in [0, 0.1) is 0 Å². The van der Waals surface area contributed by atoms with Crippen molar-refractivity contribution in [2.24, 2.45) is 0 Å². The zero-order valence-electron chi connectivity index (χ0n) is 18.0. The first-order valence-electron chi connectivity index (χ1n) is 10.6. The lowest BCUT2D eigenvalue weighted by Crippen LogP contribution is -2.41. The number of fused-ring (bicyclic) bond motifs is 1. The maximum absolute atomic E-state index is 13.4. The van der Waals surface area contributed by atoms with Gasteiger partial charge in [0.2, 0.25) is 5.91 Å². The third-order valence-electron chi connectivity index (χ3n) is 6.04. The Morgan fingerprint density at radius 1 is 1.07 bits per heavy atom. The number of ether oxygens (including phenoxy) is 2. The van der Waals surface area contributed by atoms with Gasteiger partial charge in [-0.05, 0) is 55.6 Å². The number of hydrogen-bond donors (Lipinski definition) is 0. The number of amides is 1. The van der Waals surface area contributed by atoms with Gasteiger partial charge >= 0.3 is 0 Å². The van der Waals surface area contributed by atoms with Gasteiger partial charge in [-0.15, -0.1) is 11.8 Å². The van der Waals surface area contributed by atoms with E-state index in [0.717, 1.165) is 49.5 Å². The predicted octanol–water partition coefficient (Wildman–Crippen LogP) is 4.76. The van der Waals surface area contributed by atoms with Gasteiger partial charge in [-0.3, -0.25) is 9.69 Å². The molecule has 1 amide bonds. The Hall–Kier alpha value is -2.18. The van der Waals surface area contributed by atoms with Crippen LogP contribution in [-0.2, 0) is 4.79 Å². The summed E-state index contributed by atoms with van der Waals surface area (Å²) in [5, 5.41) is 0.509. The quantitative estimate of drug-likeness (QED) is 0.690. The summed E-state index contributed by atoms with van der Waals surface area (Å²) in [5.74, 6) is 1.65. The van der Waals surface area contributed by atoms with Crippen molar-refractivity contribution in [1.82, 2.24) is 4.90 Å². The largest absolute Gasteiger partial charge is 0.493 e. The normalized spacial score (nSPS) is 21.8. The molecule has 0 N–H and O–H groups in total. The highest BCUT2D eigenvalue weighted by atomic mass is 32.2. The average molecular weight is 427 g/mol. The maximum Gasteiger partial charge on any atom is 0.241 e. The van der Waals surface area contributed by atoms with Crippen molar-refractivity contribution < 1.29 is 14.3 Å². The Morgan fingerprint density at radius 2 is 1.87 bits per heavy atom. The molecule has 2 aliphatic rings. The molecule has 0 spiro atoms. The van der Waals surface area contributed by atoms with Gasteiger partial charge in [0.1, 0.15) is 0 Å². The van der Waals surface area contributed by atoms with Crippen LogP contribution in [0.2, 0.25) is 0 Å². The van der Waals surface area contributed by atoms with E-state index in [0.29, 0.717) is 11.8 Å².